The summed E-state index contributed by atoms with van der Waals surface area (Å²) in [6.45, 7) is 2.57. The molecule has 0 aliphatic heterocycles. The minimum absolute atomic E-state index is 0.322. The molecule has 0 radical (unpaired) electrons. The van der Waals surface area contributed by atoms with Crippen molar-refractivity contribution in [3.63, 3.8) is 0 Å². The predicted octanol–water partition coefficient (Wildman–Crippen LogP) is 0.823. The monoisotopic (exact) mass is 207 g/mol. The van der Waals surface area contributed by atoms with Crippen molar-refractivity contribution in [2.45, 2.75) is 13.3 Å². The van der Waals surface area contributed by atoms with Gasteiger partial charge >= 0.3 is 6.03 Å². The number of urea groups is 1. The number of amides is 2. The van der Waals surface area contributed by atoms with Crippen LogP contribution in [0.4, 0.5) is 10.6 Å². The third-order valence-corrected chi connectivity index (χ3v) is 1.83. The highest BCUT2D eigenvalue weighted by Gasteiger charge is 2.10. The summed E-state index contributed by atoms with van der Waals surface area (Å²) < 4.78 is 1.45. The third kappa shape index (κ3) is 2.71. The molecule has 0 saturated carbocycles. The molecule has 2 N–H and O–H groups in total. The lowest BCUT2D eigenvalue weighted by Gasteiger charge is -2.06. The van der Waals surface area contributed by atoms with Crippen molar-refractivity contribution in [1.82, 2.24) is 15.1 Å². The van der Waals surface area contributed by atoms with Gasteiger partial charge in [0.2, 0.25) is 0 Å². The second-order valence-electron chi connectivity index (χ2n) is 3.02. The van der Waals surface area contributed by atoms with Crippen LogP contribution in [0.15, 0.2) is 6.20 Å². The fourth-order valence-electron chi connectivity index (χ4n) is 1.06. The summed E-state index contributed by atoms with van der Waals surface area (Å²) >= 11 is 0. The van der Waals surface area contributed by atoms with Gasteiger partial charge in [-0.05, 0) is 6.42 Å². The van der Waals surface area contributed by atoms with E-state index < -0.39 is 0 Å². The van der Waals surface area contributed by atoms with Gasteiger partial charge in [0.15, 0.2) is 0 Å². The zero-order valence-electron chi connectivity index (χ0n) is 8.74. The van der Waals surface area contributed by atoms with Crippen LogP contribution >= 0.6 is 0 Å². The summed E-state index contributed by atoms with van der Waals surface area (Å²) in [6, 6.07) is 1.63. The zero-order chi connectivity index (χ0) is 11.3. The topological polar surface area (TPSA) is 82.7 Å². The molecular formula is C9H13N5O. The summed E-state index contributed by atoms with van der Waals surface area (Å²) in [6.07, 6.45) is 2.28. The molecule has 1 rings (SSSR count). The zero-order valence-corrected chi connectivity index (χ0v) is 8.74. The molecule has 0 aliphatic carbocycles. The van der Waals surface area contributed by atoms with Crippen molar-refractivity contribution in [2.24, 2.45) is 7.05 Å². The van der Waals surface area contributed by atoms with Crippen LogP contribution in [-0.2, 0) is 7.05 Å². The summed E-state index contributed by atoms with van der Waals surface area (Å²) in [7, 11) is 1.66. The summed E-state index contributed by atoms with van der Waals surface area (Å²) in [5.74, 6) is 0.408. The molecule has 80 valence electrons. The number of carbonyl (C=O) groups excluding carboxylic acids is 1. The summed E-state index contributed by atoms with van der Waals surface area (Å²) in [5, 5.41) is 17.8. The van der Waals surface area contributed by atoms with E-state index in [2.05, 4.69) is 15.7 Å². The Morgan fingerprint density at radius 3 is 3.07 bits per heavy atom. The van der Waals surface area contributed by atoms with Gasteiger partial charge in [-0.3, -0.25) is 10.00 Å². The van der Waals surface area contributed by atoms with E-state index in [-0.39, 0.29) is 6.03 Å². The normalized spacial score (nSPS) is 9.40. The van der Waals surface area contributed by atoms with Gasteiger partial charge < -0.3 is 5.32 Å². The van der Waals surface area contributed by atoms with Gasteiger partial charge in [-0.25, -0.2) is 4.79 Å². The molecule has 0 atom stereocenters. The molecule has 6 nitrogen and oxygen atoms in total. The SMILES string of the molecule is CCCNC(=O)Nc1c(C#N)cnn1C. The average molecular weight is 207 g/mol. The molecule has 2 amide bonds. The van der Waals surface area contributed by atoms with Crippen molar-refractivity contribution in [3.05, 3.63) is 11.8 Å². The lowest BCUT2D eigenvalue weighted by molar-refractivity contribution is 0.252. The molecule has 0 aromatic carbocycles. The molecule has 0 bridgehead atoms. The third-order valence-electron chi connectivity index (χ3n) is 1.83. The second-order valence-corrected chi connectivity index (χ2v) is 3.02. The maximum atomic E-state index is 11.3. The highest BCUT2D eigenvalue weighted by molar-refractivity contribution is 5.89. The number of hydrogen-bond donors (Lipinski definition) is 2. The number of aryl methyl sites for hydroxylation is 1. The highest BCUT2D eigenvalue weighted by Crippen LogP contribution is 2.11. The number of anilines is 1. The standard InChI is InChI=1S/C9H13N5O/c1-3-4-11-9(15)13-8-7(5-10)6-12-14(8)2/h6H,3-4H2,1-2H3,(H2,11,13,15). The van der Waals surface area contributed by atoms with Crippen molar-refractivity contribution in [3.8, 4) is 6.07 Å². The number of nitrogens with zero attached hydrogens (tertiary/aromatic N) is 3. The number of hydrogen-bond acceptors (Lipinski definition) is 3. The maximum absolute atomic E-state index is 11.3. The highest BCUT2D eigenvalue weighted by atomic mass is 16.2. The fraction of sp³-hybridized carbons (Fsp3) is 0.444. The van der Waals surface area contributed by atoms with Crippen LogP contribution in [0.3, 0.4) is 0 Å². The van der Waals surface area contributed by atoms with Crippen LogP contribution in [0.1, 0.15) is 18.9 Å². The fourth-order valence-corrected chi connectivity index (χ4v) is 1.06. The van der Waals surface area contributed by atoms with E-state index in [0.29, 0.717) is 17.9 Å². The van der Waals surface area contributed by atoms with Crippen LogP contribution in [0.5, 0.6) is 0 Å². The lowest BCUT2D eigenvalue weighted by atomic mass is 10.3. The van der Waals surface area contributed by atoms with Crippen molar-refractivity contribution >= 4 is 11.8 Å². The number of carbonyl (C=O) groups is 1. The molecule has 0 fully saturated rings. The maximum Gasteiger partial charge on any atom is 0.320 e. The van der Waals surface area contributed by atoms with Gasteiger partial charge in [0.25, 0.3) is 0 Å². The minimum Gasteiger partial charge on any atom is -0.338 e. The smallest absolute Gasteiger partial charge is 0.320 e. The Hall–Kier alpha value is -2.03. The van der Waals surface area contributed by atoms with E-state index in [4.69, 9.17) is 5.26 Å². The molecule has 0 spiro atoms. The Bertz CT molecular complexity index is 390. The largest absolute Gasteiger partial charge is 0.338 e. The Morgan fingerprint density at radius 2 is 2.47 bits per heavy atom. The summed E-state index contributed by atoms with van der Waals surface area (Å²) in [5.41, 5.74) is 0.351. The first-order chi connectivity index (χ1) is 7.19. The van der Waals surface area contributed by atoms with E-state index in [1.54, 1.807) is 7.05 Å². The van der Waals surface area contributed by atoms with Gasteiger partial charge in [-0.1, -0.05) is 6.92 Å². The van der Waals surface area contributed by atoms with Gasteiger partial charge in [-0.15, -0.1) is 0 Å². The van der Waals surface area contributed by atoms with Crippen molar-refractivity contribution in [2.75, 3.05) is 11.9 Å². The number of nitrogens with one attached hydrogen (secondary N) is 2. The molecule has 0 unspecified atom stereocenters. The average Bonchev–Trinajstić information content (AvgIpc) is 2.57. The molecule has 1 aromatic heterocycles. The van der Waals surface area contributed by atoms with Crippen LogP contribution < -0.4 is 10.6 Å². The van der Waals surface area contributed by atoms with Crippen LogP contribution in [0, 0.1) is 11.3 Å². The first-order valence-electron chi connectivity index (χ1n) is 4.66. The first-order valence-corrected chi connectivity index (χ1v) is 4.66. The van der Waals surface area contributed by atoms with E-state index in [0.717, 1.165) is 6.42 Å². The van der Waals surface area contributed by atoms with Crippen LogP contribution in [0.2, 0.25) is 0 Å². The second kappa shape index (κ2) is 5.00. The van der Waals surface area contributed by atoms with E-state index in [9.17, 15) is 4.79 Å². The molecule has 15 heavy (non-hydrogen) atoms. The Kier molecular flexibility index (Phi) is 3.68. The van der Waals surface area contributed by atoms with Gasteiger partial charge in [0.1, 0.15) is 17.5 Å². The van der Waals surface area contributed by atoms with E-state index in [1.807, 2.05) is 13.0 Å². The number of rotatable bonds is 3. The molecule has 1 heterocycles. The number of nitriles is 1. The van der Waals surface area contributed by atoms with Gasteiger partial charge in [0.05, 0.1) is 6.20 Å². The van der Waals surface area contributed by atoms with Crippen molar-refractivity contribution in [1.29, 1.82) is 5.26 Å². The summed E-state index contributed by atoms with van der Waals surface area (Å²) in [4.78, 5) is 11.3. The van der Waals surface area contributed by atoms with E-state index >= 15 is 0 Å². The molecule has 0 saturated heterocycles. The molecule has 6 heteroatoms. The minimum atomic E-state index is -0.322. The van der Waals surface area contributed by atoms with E-state index in [1.165, 1.54) is 10.9 Å². The van der Waals surface area contributed by atoms with Gasteiger partial charge in [0, 0.05) is 13.6 Å². The van der Waals surface area contributed by atoms with Gasteiger partial charge in [-0.2, -0.15) is 10.4 Å². The molecular weight excluding hydrogens is 194 g/mol. The molecule has 1 aromatic rings. The number of aromatic nitrogens is 2. The van der Waals surface area contributed by atoms with Crippen LogP contribution in [0.25, 0.3) is 0 Å². The Balaban J connectivity index is 2.68. The lowest BCUT2D eigenvalue weighted by Crippen LogP contribution is -2.30. The first kappa shape index (κ1) is 11.0. The Labute approximate surface area is 87.9 Å². The predicted molar refractivity (Wildman–Crippen MR) is 55.2 cm³/mol. The Morgan fingerprint density at radius 1 is 1.73 bits per heavy atom. The molecule has 0 aliphatic rings. The quantitative estimate of drug-likeness (QED) is 0.769. The van der Waals surface area contributed by atoms with Crippen molar-refractivity contribution < 1.29 is 4.79 Å². The van der Waals surface area contributed by atoms with Crippen LogP contribution in [-0.4, -0.2) is 22.4 Å².